The van der Waals surface area contributed by atoms with E-state index in [9.17, 15) is 4.79 Å². The quantitative estimate of drug-likeness (QED) is 0.818. The zero-order valence-electron chi connectivity index (χ0n) is 17.2. The molecule has 0 bridgehead atoms. The maximum Gasteiger partial charge on any atom is 0.222 e. The third-order valence-corrected chi connectivity index (χ3v) is 6.41. The van der Waals surface area contributed by atoms with Gasteiger partial charge in [-0.1, -0.05) is 30.3 Å². The number of piperidine rings is 1. The molecule has 4 rings (SSSR count). The van der Waals surface area contributed by atoms with Crippen molar-refractivity contribution in [1.82, 2.24) is 19.6 Å². The van der Waals surface area contributed by atoms with Crippen LogP contribution in [0.1, 0.15) is 36.9 Å². The number of hydrogen-bond acceptors (Lipinski definition) is 3. The Kier molecular flexibility index (Phi) is 5.81. The Morgan fingerprint density at radius 3 is 2.68 bits per heavy atom. The van der Waals surface area contributed by atoms with E-state index in [2.05, 4.69) is 41.1 Å². The van der Waals surface area contributed by atoms with Gasteiger partial charge in [0.1, 0.15) is 0 Å². The summed E-state index contributed by atoms with van der Waals surface area (Å²) in [4.78, 5) is 17.4. The van der Waals surface area contributed by atoms with Crippen molar-refractivity contribution in [3.63, 3.8) is 0 Å². The van der Waals surface area contributed by atoms with Gasteiger partial charge in [-0.3, -0.25) is 9.48 Å². The summed E-state index contributed by atoms with van der Waals surface area (Å²) in [5.74, 6) is 1.01. The van der Waals surface area contributed by atoms with Crippen molar-refractivity contribution < 1.29 is 4.79 Å². The van der Waals surface area contributed by atoms with Gasteiger partial charge >= 0.3 is 0 Å². The molecular weight excluding hydrogens is 348 g/mol. The molecule has 1 aromatic heterocycles. The van der Waals surface area contributed by atoms with Crippen molar-refractivity contribution >= 4 is 5.91 Å². The number of fused-ring (bicyclic) bond motifs is 1. The average Bonchev–Trinajstić information content (AvgIpc) is 2.88. The number of hydrogen-bond donors (Lipinski definition) is 0. The maximum atomic E-state index is 12.9. The van der Waals surface area contributed by atoms with Crippen molar-refractivity contribution in [2.24, 2.45) is 13.0 Å². The van der Waals surface area contributed by atoms with Crippen LogP contribution < -0.4 is 0 Å². The number of benzene rings is 1. The Morgan fingerprint density at radius 2 is 1.89 bits per heavy atom. The minimum atomic E-state index is 0.329. The molecule has 0 radical (unpaired) electrons. The predicted molar refractivity (Wildman–Crippen MR) is 112 cm³/mol. The lowest BCUT2D eigenvalue weighted by atomic mass is 9.93. The fourth-order valence-corrected chi connectivity index (χ4v) is 4.85. The van der Waals surface area contributed by atoms with Gasteiger partial charge in [0.05, 0.1) is 5.69 Å². The highest BCUT2D eigenvalue weighted by molar-refractivity contribution is 5.76. The molecule has 0 aliphatic carbocycles. The Balaban J connectivity index is 1.40. The second-order valence-corrected chi connectivity index (χ2v) is 8.45. The molecule has 1 amide bonds. The Labute approximate surface area is 168 Å². The van der Waals surface area contributed by atoms with E-state index in [4.69, 9.17) is 5.10 Å². The van der Waals surface area contributed by atoms with Crippen molar-refractivity contribution in [2.75, 3.05) is 33.2 Å². The van der Waals surface area contributed by atoms with Crippen LogP contribution in [0.2, 0.25) is 0 Å². The fourth-order valence-electron chi connectivity index (χ4n) is 4.85. The number of rotatable bonds is 4. The van der Waals surface area contributed by atoms with Gasteiger partial charge in [-0.2, -0.15) is 5.10 Å². The van der Waals surface area contributed by atoms with Gasteiger partial charge in [-0.15, -0.1) is 0 Å². The standard InChI is InChI=1S/C23H32N4O/c1-25-14-6-7-18(17-25)10-11-22(28)27-15-12-20-21(13-16-27)26(2)24-23(20)19-8-4-3-5-9-19/h3-5,8-9,18H,6-7,10-17H2,1-2H3. The van der Waals surface area contributed by atoms with Crippen molar-refractivity contribution in [3.8, 4) is 11.3 Å². The SMILES string of the molecule is CN1CCCC(CCC(=O)N2CCc3c(-c4ccccc4)nn(C)c3CC2)C1. The topological polar surface area (TPSA) is 41.4 Å². The monoisotopic (exact) mass is 380 g/mol. The number of carbonyl (C=O) groups is 1. The van der Waals surface area contributed by atoms with Crippen LogP contribution in [0.25, 0.3) is 11.3 Å². The number of nitrogens with zero attached hydrogens (tertiary/aromatic N) is 4. The van der Waals surface area contributed by atoms with Gasteiger partial charge in [0, 0.05) is 56.3 Å². The minimum absolute atomic E-state index is 0.329. The molecule has 0 N–H and O–H groups in total. The third-order valence-electron chi connectivity index (χ3n) is 6.41. The summed E-state index contributed by atoms with van der Waals surface area (Å²) in [5, 5.41) is 4.79. The first-order chi connectivity index (χ1) is 13.6. The summed E-state index contributed by atoms with van der Waals surface area (Å²) in [7, 11) is 4.22. The number of aromatic nitrogens is 2. The number of aryl methyl sites for hydroxylation is 1. The molecule has 1 unspecified atom stereocenters. The Bertz CT molecular complexity index is 814. The second kappa shape index (κ2) is 8.48. The number of likely N-dealkylation sites (tertiary alicyclic amines) is 1. The summed E-state index contributed by atoms with van der Waals surface area (Å²) in [6.07, 6.45) is 6.05. The van der Waals surface area contributed by atoms with Crippen molar-refractivity contribution in [1.29, 1.82) is 0 Å². The van der Waals surface area contributed by atoms with Crippen LogP contribution >= 0.6 is 0 Å². The third kappa shape index (κ3) is 4.14. The Morgan fingerprint density at radius 1 is 1.11 bits per heavy atom. The van der Waals surface area contributed by atoms with Crippen molar-refractivity contribution in [3.05, 3.63) is 41.6 Å². The van der Waals surface area contributed by atoms with Crippen LogP contribution in [0.3, 0.4) is 0 Å². The molecule has 2 aromatic rings. The highest BCUT2D eigenvalue weighted by atomic mass is 16.2. The van der Waals surface area contributed by atoms with E-state index >= 15 is 0 Å². The molecule has 2 aliphatic rings. The lowest BCUT2D eigenvalue weighted by molar-refractivity contribution is -0.131. The van der Waals surface area contributed by atoms with E-state index in [0.29, 0.717) is 18.2 Å². The van der Waals surface area contributed by atoms with Gasteiger partial charge in [-0.05, 0) is 45.2 Å². The predicted octanol–water partition coefficient (Wildman–Crippen LogP) is 3.14. The first-order valence-corrected chi connectivity index (χ1v) is 10.7. The van der Waals surface area contributed by atoms with E-state index in [1.807, 2.05) is 17.8 Å². The van der Waals surface area contributed by atoms with Gasteiger partial charge in [0.15, 0.2) is 0 Å². The van der Waals surface area contributed by atoms with Crippen molar-refractivity contribution in [2.45, 2.75) is 38.5 Å². The van der Waals surface area contributed by atoms with Gasteiger partial charge in [-0.25, -0.2) is 0 Å². The molecule has 5 nitrogen and oxygen atoms in total. The van der Waals surface area contributed by atoms with E-state index in [1.165, 1.54) is 36.2 Å². The molecule has 150 valence electrons. The highest BCUT2D eigenvalue weighted by Crippen LogP contribution is 2.28. The second-order valence-electron chi connectivity index (χ2n) is 8.45. The van der Waals surface area contributed by atoms with Crippen LogP contribution in [-0.2, 0) is 24.7 Å². The van der Waals surface area contributed by atoms with Crippen LogP contribution in [0.5, 0.6) is 0 Å². The van der Waals surface area contributed by atoms with Crippen LogP contribution in [0.15, 0.2) is 30.3 Å². The molecule has 1 atom stereocenters. The number of carbonyl (C=O) groups excluding carboxylic acids is 1. The zero-order valence-corrected chi connectivity index (χ0v) is 17.2. The summed E-state index contributed by atoms with van der Waals surface area (Å²) in [6.45, 7) is 3.96. The molecule has 1 aromatic carbocycles. The molecule has 3 heterocycles. The molecule has 28 heavy (non-hydrogen) atoms. The molecule has 2 aliphatic heterocycles. The Hall–Kier alpha value is -2.14. The van der Waals surface area contributed by atoms with E-state index in [0.717, 1.165) is 44.6 Å². The van der Waals surface area contributed by atoms with Gasteiger partial charge in [0.2, 0.25) is 5.91 Å². The number of amides is 1. The first kappa shape index (κ1) is 19.2. The highest BCUT2D eigenvalue weighted by Gasteiger charge is 2.25. The van der Waals surface area contributed by atoms with Crippen LogP contribution in [0.4, 0.5) is 0 Å². The minimum Gasteiger partial charge on any atom is -0.342 e. The van der Waals surface area contributed by atoms with Crippen LogP contribution in [0, 0.1) is 5.92 Å². The molecule has 1 fully saturated rings. The molecule has 0 saturated carbocycles. The van der Waals surface area contributed by atoms with Gasteiger partial charge in [0.25, 0.3) is 0 Å². The maximum absolute atomic E-state index is 12.9. The lowest BCUT2D eigenvalue weighted by Crippen LogP contribution is -2.35. The summed E-state index contributed by atoms with van der Waals surface area (Å²) in [5.41, 5.74) is 4.85. The molecule has 0 spiro atoms. The molecule has 5 heteroatoms. The first-order valence-electron chi connectivity index (χ1n) is 10.7. The molecule has 1 saturated heterocycles. The lowest BCUT2D eigenvalue weighted by Gasteiger charge is -2.30. The van der Waals surface area contributed by atoms with Crippen LogP contribution in [-0.4, -0.2) is 58.7 Å². The summed E-state index contributed by atoms with van der Waals surface area (Å²) < 4.78 is 2.02. The summed E-state index contributed by atoms with van der Waals surface area (Å²) >= 11 is 0. The average molecular weight is 381 g/mol. The van der Waals surface area contributed by atoms with E-state index in [1.54, 1.807) is 0 Å². The van der Waals surface area contributed by atoms with E-state index < -0.39 is 0 Å². The fraction of sp³-hybridized carbons (Fsp3) is 0.565. The van der Waals surface area contributed by atoms with Gasteiger partial charge < -0.3 is 9.80 Å². The normalized spacial score (nSPS) is 20.6. The largest absolute Gasteiger partial charge is 0.342 e. The van der Waals surface area contributed by atoms with E-state index in [-0.39, 0.29) is 0 Å². The smallest absolute Gasteiger partial charge is 0.222 e. The summed E-state index contributed by atoms with van der Waals surface area (Å²) in [6, 6.07) is 10.4. The molecular formula is C23H32N4O. The zero-order chi connectivity index (χ0) is 19.5.